The van der Waals surface area contributed by atoms with E-state index in [1.54, 1.807) is 0 Å². The highest BCUT2D eigenvalue weighted by molar-refractivity contribution is 6.72. The first-order chi connectivity index (χ1) is 15.0. The molecule has 3 aromatic rings. The maximum absolute atomic E-state index is 10.5. The first kappa shape index (κ1) is 22.7. The lowest BCUT2D eigenvalue weighted by Gasteiger charge is -2.35. The fourth-order valence-corrected chi connectivity index (χ4v) is 4.46. The lowest BCUT2D eigenvalue weighted by molar-refractivity contribution is 0.380. The van der Waals surface area contributed by atoms with Gasteiger partial charge >= 0.3 is 0 Å². The molecule has 0 unspecified atom stereocenters. The number of fused-ring (bicyclic) bond motifs is 1. The van der Waals surface area contributed by atoms with Crippen LogP contribution < -0.4 is 10.6 Å². The predicted octanol–water partition coefficient (Wildman–Crippen LogP) is 4.82. The van der Waals surface area contributed by atoms with Crippen molar-refractivity contribution in [1.29, 1.82) is 0 Å². The molecular weight excluding hydrogens is 420 g/mol. The maximum atomic E-state index is 10.5. The molecule has 0 spiro atoms. The van der Waals surface area contributed by atoms with Crippen molar-refractivity contribution in [3.63, 3.8) is 0 Å². The summed E-state index contributed by atoms with van der Waals surface area (Å²) in [5, 5.41) is 16.3. The maximum Gasteiger partial charge on any atom is 0.232 e. The van der Waals surface area contributed by atoms with Crippen LogP contribution >= 0.6 is 0 Å². The van der Waals surface area contributed by atoms with Gasteiger partial charge in [-0.1, -0.05) is 19.1 Å². The van der Waals surface area contributed by atoms with Gasteiger partial charge in [0.2, 0.25) is 5.95 Å². The van der Waals surface area contributed by atoms with Crippen molar-refractivity contribution >= 4 is 36.9 Å². The molecule has 10 heteroatoms. The van der Waals surface area contributed by atoms with Gasteiger partial charge in [0, 0.05) is 12.2 Å². The van der Waals surface area contributed by atoms with E-state index >= 15 is 0 Å². The summed E-state index contributed by atoms with van der Waals surface area (Å²) in [4.78, 5) is 23.0. The molecule has 0 radical (unpaired) electrons. The number of anilines is 3. The van der Waals surface area contributed by atoms with E-state index in [-0.39, 0.29) is 11.1 Å². The summed E-state index contributed by atoms with van der Waals surface area (Å²) in [6, 6.07) is 2.56. The molecule has 0 aliphatic heterocycles. The number of hydrogen-bond acceptors (Lipinski definition) is 7. The minimum absolute atomic E-state index is 0.0524. The number of H-pyrrole nitrogens is 1. The zero-order valence-electron chi connectivity index (χ0n) is 20.0. The van der Waals surface area contributed by atoms with Crippen molar-refractivity contribution in [2.45, 2.75) is 83.6 Å². The summed E-state index contributed by atoms with van der Waals surface area (Å²) < 4.78 is 1.87. The molecule has 32 heavy (non-hydrogen) atoms. The fraction of sp³-hybridized carbons (Fsp3) is 0.636. The zero-order valence-corrected chi connectivity index (χ0v) is 21.0. The Kier molecular flexibility index (Phi) is 6.02. The van der Waals surface area contributed by atoms with E-state index in [1.165, 1.54) is 12.8 Å². The molecule has 0 amide bonds. The molecule has 1 saturated carbocycles. The Balaban J connectivity index is 1.45. The highest BCUT2D eigenvalue weighted by Crippen LogP contribution is 2.41. The van der Waals surface area contributed by atoms with Gasteiger partial charge in [-0.2, -0.15) is 9.97 Å². The van der Waals surface area contributed by atoms with E-state index in [9.17, 15) is 4.80 Å². The molecule has 174 valence electrons. The number of aromatic amines is 1. The van der Waals surface area contributed by atoms with Crippen LogP contribution in [0.4, 0.5) is 17.6 Å². The topological polar surface area (TPSA) is 117 Å². The van der Waals surface area contributed by atoms with Gasteiger partial charge in [-0.3, -0.25) is 0 Å². The van der Waals surface area contributed by atoms with Crippen molar-refractivity contribution in [2.24, 2.45) is 5.92 Å². The second-order valence-electron chi connectivity index (χ2n) is 10.4. The van der Waals surface area contributed by atoms with E-state index in [0.29, 0.717) is 17.8 Å². The third kappa shape index (κ3) is 4.96. The summed E-state index contributed by atoms with van der Waals surface area (Å²) in [6.07, 6.45) is 8.18. The largest absolute Gasteiger partial charge is 0.432 e. The Labute approximate surface area is 190 Å². The molecule has 1 aliphatic carbocycles. The minimum Gasteiger partial charge on any atom is -0.432 e. The minimum atomic E-state index is -2.22. The fourth-order valence-electron chi connectivity index (χ4n) is 3.71. The summed E-state index contributed by atoms with van der Waals surface area (Å²) in [6.45, 7) is 12.7. The van der Waals surface area contributed by atoms with Crippen molar-refractivity contribution in [2.75, 3.05) is 10.6 Å². The molecule has 1 aliphatic rings. The quantitative estimate of drug-likeness (QED) is 0.323. The Bertz CT molecular complexity index is 1070. The predicted molar refractivity (Wildman–Crippen MR) is 131 cm³/mol. The Morgan fingerprint density at radius 3 is 2.72 bits per heavy atom. The van der Waals surface area contributed by atoms with E-state index in [4.69, 9.17) is 4.98 Å². The Morgan fingerprint density at radius 2 is 2.03 bits per heavy atom. The van der Waals surface area contributed by atoms with Crippen molar-refractivity contribution in [3.05, 3.63) is 18.5 Å². The first-order valence-electron chi connectivity index (χ1n) is 11.6. The number of nitrogens with one attached hydrogen (secondary N) is 3. The van der Waals surface area contributed by atoms with Gasteiger partial charge in [-0.15, -0.1) is 5.10 Å². The second-order valence-corrected chi connectivity index (χ2v) is 14.9. The van der Waals surface area contributed by atoms with E-state index in [1.807, 2.05) is 36.2 Å². The molecule has 1 fully saturated rings. The van der Waals surface area contributed by atoms with Crippen LogP contribution in [-0.2, 0) is 0 Å². The van der Waals surface area contributed by atoms with Crippen molar-refractivity contribution in [3.8, 4) is 0 Å². The van der Waals surface area contributed by atoms with Gasteiger partial charge < -0.3 is 20.4 Å². The smallest absolute Gasteiger partial charge is 0.232 e. The monoisotopic (exact) mass is 456 g/mol. The van der Waals surface area contributed by atoms with Gasteiger partial charge in [0.15, 0.2) is 14.1 Å². The van der Waals surface area contributed by atoms with Gasteiger partial charge in [0.25, 0.3) is 0 Å². The molecule has 0 saturated heterocycles. The summed E-state index contributed by atoms with van der Waals surface area (Å²) in [5.74, 6) is 2.65. The van der Waals surface area contributed by atoms with E-state index < -0.39 is 8.32 Å². The van der Waals surface area contributed by atoms with Crippen LogP contribution in [0.15, 0.2) is 18.5 Å². The average molecular weight is 457 g/mol. The third-order valence-corrected chi connectivity index (χ3v) is 10.7. The second kappa shape index (κ2) is 8.47. The summed E-state index contributed by atoms with van der Waals surface area (Å²) >= 11 is 0. The molecule has 3 heterocycles. The SMILES string of the molecule is C[C@H](Nc1nc(Nc2cn([C@H](C)CCC(C)(C)[Si](C)(C)O)nn2)nc2[nH]ccc12)C1CC1. The lowest BCUT2D eigenvalue weighted by atomic mass is 10.0. The normalized spacial score (nSPS) is 16.8. The van der Waals surface area contributed by atoms with Gasteiger partial charge in [0.1, 0.15) is 11.5 Å². The van der Waals surface area contributed by atoms with Crippen molar-refractivity contribution in [1.82, 2.24) is 29.9 Å². The highest BCUT2D eigenvalue weighted by atomic mass is 28.4. The molecule has 0 bridgehead atoms. The molecule has 2 atom stereocenters. The molecular formula is C22H36N8OSi. The number of rotatable bonds is 10. The molecule has 0 aromatic carbocycles. The first-order valence-corrected chi connectivity index (χ1v) is 14.5. The molecule has 4 N–H and O–H groups in total. The van der Waals surface area contributed by atoms with E-state index in [2.05, 4.69) is 58.6 Å². The van der Waals surface area contributed by atoms with Crippen LogP contribution in [0.1, 0.15) is 59.4 Å². The highest BCUT2D eigenvalue weighted by Gasteiger charge is 2.37. The van der Waals surface area contributed by atoms with Crippen molar-refractivity contribution < 1.29 is 4.80 Å². The lowest BCUT2D eigenvalue weighted by Crippen LogP contribution is -2.39. The van der Waals surface area contributed by atoms with Gasteiger partial charge in [0.05, 0.1) is 17.6 Å². The molecule has 9 nitrogen and oxygen atoms in total. The van der Waals surface area contributed by atoms with Crippen LogP contribution in [0.3, 0.4) is 0 Å². The molecule has 4 rings (SSSR count). The van der Waals surface area contributed by atoms with Crippen LogP contribution in [0.25, 0.3) is 11.0 Å². The Morgan fingerprint density at radius 1 is 1.28 bits per heavy atom. The zero-order chi connectivity index (χ0) is 23.1. The van der Waals surface area contributed by atoms with E-state index in [0.717, 1.165) is 35.6 Å². The average Bonchev–Trinajstić information content (AvgIpc) is 3.28. The van der Waals surface area contributed by atoms with Crippen LogP contribution in [-0.4, -0.2) is 49.1 Å². The van der Waals surface area contributed by atoms with Crippen LogP contribution in [0.5, 0.6) is 0 Å². The summed E-state index contributed by atoms with van der Waals surface area (Å²) in [7, 11) is -2.22. The van der Waals surface area contributed by atoms with Crippen LogP contribution in [0.2, 0.25) is 18.1 Å². The molecule has 3 aromatic heterocycles. The Hall–Kier alpha value is -2.46. The van der Waals surface area contributed by atoms with Crippen LogP contribution in [0, 0.1) is 5.92 Å². The third-order valence-electron chi connectivity index (χ3n) is 7.15. The number of aromatic nitrogens is 6. The standard InChI is InChI=1S/C22H36N8OSi/c1-14(9-11-22(3,4)32(5,6)31)30-13-18(28-29-30)25-21-26-19-17(10-12-23-19)20(27-21)24-15(2)16-7-8-16/h10,12-16,31H,7-9,11H2,1-6H3,(H3,23,24,25,26,27)/t14-,15+/m1/s1. The number of hydrogen-bond donors (Lipinski definition) is 4. The number of nitrogens with zero attached hydrogens (tertiary/aromatic N) is 5. The van der Waals surface area contributed by atoms with Gasteiger partial charge in [-0.25, -0.2) is 4.68 Å². The van der Waals surface area contributed by atoms with Gasteiger partial charge in [-0.05, 0) is 69.6 Å². The summed E-state index contributed by atoms with van der Waals surface area (Å²) in [5.41, 5.74) is 0.784.